The van der Waals surface area contributed by atoms with Crippen LogP contribution in [0.3, 0.4) is 0 Å². The van der Waals surface area contributed by atoms with Crippen molar-refractivity contribution in [2.75, 3.05) is 19.7 Å². The number of nitrogens with zero attached hydrogens (tertiary/aromatic N) is 7. The molecule has 1 aliphatic heterocycles. The van der Waals surface area contributed by atoms with Crippen molar-refractivity contribution in [1.29, 1.82) is 0 Å². The molecule has 0 atom stereocenters. The number of likely N-dealkylation sites (tertiary alicyclic amines) is 1. The van der Waals surface area contributed by atoms with Gasteiger partial charge in [-0.2, -0.15) is 15.0 Å². The van der Waals surface area contributed by atoms with Gasteiger partial charge in [-0.05, 0) is 12.1 Å². The molecule has 1 aliphatic rings. The van der Waals surface area contributed by atoms with E-state index in [4.69, 9.17) is 4.74 Å². The molecule has 1 aromatic carbocycles. The Hall–Kier alpha value is -3.30. The van der Waals surface area contributed by atoms with Crippen molar-refractivity contribution >= 4 is 5.91 Å². The molecule has 4 rings (SSSR count). The van der Waals surface area contributed by atoms with E-state index < -0.39 is 5.82 Å². The number of ether oxygens (including phenoxy) is 1. The number of benzene rings is 1. The molecule has 26 heavy (non-hydrogen) atoms. The maximum absolute atomic E-state index is 13.5. The lowest BCUT2D eigenvalue weighted by Gasteiger charge is -2.38. The van der Waals surface area contributed by atoms with Gasteiger partial charge in [-0.3, -0.25) is 4.79 Å². The zero-order chi connectivity index (χ0) is 17.9. The second-order valence-electron chi connectivity index (χ2n) is 5.92. The summed E-state index contributed by atoms with van der Waals surface area (Å²) in [5.41, 5.74) is 0.744. The lowest BCUT2D eigenvalue weighted by molar-refractivity contribution is -0.139. The zero-order valence-corrected chi connectivity index (χ0v) is 13.8. The number of halogens is 1. The summed E-state index contributed by atoms with van der Waals surface area (Å²) in [5.74, 6) is -0.597. The van der Waals surface area contributed by atoms with E-state index in [2.05, 4.69) is 20.5 Å². The van der Waals surface area contributed by atoms with Crippen LogP contribution in [0.5, 0.6) is 5.75 Å². The van der Waals surface area contributed by atoms with Crippen LogP contribution in [0.1, 0.15) is 11.7 Å². The summed E-state index contributed by atoms with van der Waals surface area (Å²) >= 11 is 0. The third kappa shape index (κ3) is 3.39. The average Bonchev–Trinajstić information content (AvgIpc) is 3.26. The molecular weight excluding hydrogens is 341 g/mol. The van der Waals surface area contributed by atoms with Gasteiger partial charge in [0.15, 0.2) is 18.2 Å². The number of aromatic nitrogens is 6. The molecule has 0 radical (unpaired) electrons. The van der Waals surface area contributed by atoms with E-state index in [9.17, 15) is 9.18 Å². The fraction of sp³-hybridized carbons (Fsp3) is 0.312. The van der Waals surface area contributed by atoms with Gasteiger partial charge in [0.1, 0.15) is 12.2 Å². The number of amides is 1. The van der Waals surface area contributed by atoms with Crippen molar-refractivity contribution in [1.82, 2.24) is 34.9 Å². The Bertz CT molecular complexity index is 890. The van der Waals surface area contributed by atoms with E-state index in [-0.39, 0.29) is 24.3 Å². The van der Waals surface area contributed by atoms with Crippen LogP contribution >= 0.6 is 0 Å². The lowest BCUT2D eigenvalue weighted by Crippen LogP contribution is -2.52. The Labute approximate surface area is 148 Å². The van der Waals surface area contributed by atoms with Crippen molar-refractivity contribution in [3.8, 4) is 5.75 Å². The topological polar surface area (TPSA) is 91.0 Å². The second kappa shape index (κ2) is 6.90. The molecule has 0 unspecified atom stereocenters. The molecule has 1 fully saturated rings. The normalized spacial score (nSPS) is 14.3. The van der Waals surface area contributed by atoms with E-state index in [0.717, 1.165) is 5.69 Å². The molecule has 0 N–H and O–H groups in total. The molecule has 3 aromatic rings. The van der Waals surface area contributed by atoms with Crippen molar-refractivity contribution < 1.29 is 13.9 Å². The molecule has 1 amide bonds. The molecule has 1 saturated heterocycles. The highest BCUT2D eigenvalue weighted by atomic mass is 19.1. The number of carbonyl (C=O) groups excluding carboxylic acids is 1. The van der Waals surface area contributed by atoms with Gasteiger partial charge in [0, 0.05) is 13.1 Å². The summed E-state index contributed by atoms with van der Waals surface area (Å²) in [6.07, 6.45) is 5.03. The molecule has 10 heteroatoms. The highest BCUT2D eigenvalue weighted by Gasteiger charge is 2.33. The van der Waals surface area contributed by atoms with Gasteiger partial charge >= 0.3 is 0 Å². The number of carbonyl (C=O) groups is 1. The largest absolute Gasteiger partial charge is 0.481 e. The molecule has 0 bridgehead atoms. The van der Waals surface area contributed by atoms with Gasteiger partial charge < -0.3 is 9.64 Å². The summed E-state index contributed by atoms with van der Waals surface area (Å²) in [5, 5.41) is 16.2. The quantitative estimate of drug-likeness (QED) is 0.639. The van der Waals surface area contributed by atoms with Crippen LogP contribution in [0.25, 0.3) is 0 Å². The van der Waals surface area contributed by atoms with Gasteiger partial charge in [-0.25, -0.2) is 9.07 Å². The van der Waals surface area contributed by atoms with Crippen molar-refractivity contribution in [2.24, 2.45) is 0 Å². The minimum atomic E-state index is -0.483. The molecule has 9 nitrogen and oxygen atoms in total. The number of para-hydroxylation sites is 1. The molecular formula is C16H16FN7O2. The van der Waals surface area contributed by atoms with Crippen LogP contribution in [0.2, 0.25) is 0 Å². The van der Waals surface area contributed by atoms with E-state index in [1.807, 2.05) is 6.20 Å². The van der Waals surface area contributed by atoms with Crippen molar-refractivity contribution in [3.05, 3.63) is 54.4 Å². The minimum Gasteiger partial charge on any atom is -0.481 e. The fourth-order valence-corrected chi connectivity index (χ4v) is 2.65. The first-order chi connectivity index (χ1) is 12.7. The van der Waals surface area contributed by atoms with Gasteiger partial charge in [0.2, 0.25) is 0 Å². The molecule has 0 saturated carbocycles. The Balaban J connectivity index is 1.26. The Morgan fingerprint density at radius 1 is 1.23 bits per heavy atom. The molecule has 0 spiro atoms. The van der Waals surface area contributed by atoms with E-state index in [1.54, 1.807) is 34.1 Å². The summed E-state index contributed by atoms with van der Waals surface area (Å²) in [7, 11) is 0. The maximum atomic E-state index is 13.5. The second-order valence-corrected chi connectivity index (χ2v) is 5.92. The summed E-state index contributed by atoms with van der Waals surface area (Å²) in [4.78, 5) is 15.3. The highest BCUT2D eigenvalue weighted by molar-refractivity contribution is 5.78. The number of hydrogen-bond acceptors (Lipinski definition) is 6. The predicted octanol–water partition coefficient (Wildman–Crippen LogP) is 0.519. The third-order valence-electron chi connectivity index (χ3n) is 4.10. The molecule has 3 heterocycles. The van der Waals surface area contributed by atoms with Crippen LogP contribution in [-0.2, 0) is 11.3 Å². The van der Waals surface area contributed by atoms with Crippen LogP contribution in [0.4, 0.5) is 4.39 Å². The van der Waals surface area contributed by atoms with Crippen LogP contribution in [0.15, 0.2) is 42.9 Å². The molecule has 0 aliphatic carbocycles. The first-order valence-corrected chi connectivity index (χ1v) is 8.09. The van der Waals surface area contributed by atoms with Gasteiger partial charge in [-0.15, -0.1) is 5.10 Å². The van der Waals surface area contributed by atoms with Gasteiger partial charge in [-0.1, -0.05) is 17.3 Å². The van der Waals surface area contributed by atoms with Crippen LogP contribution in [-0.4, -0.2) is 60.5 Å². The Kier molecular flexibility index (Phi) is 4.30. The first kappa shape index (κ1) is 16.2. The third-order valence-corrected chi connectivity index (χ3v) is 4.10. The summed E-state index contributed by atoms with van der Waals surface area (Å²) < 4.78 is 20.5. The van der Waals surface area contributed by atoms with Crippen molar-refractivity contribution in [3.63, 3.8) is 0 Å². The lowest BCUT2D eigenvalue weighted by atomic mass is 10.1. The number of rotatable bonds is 6. The SMILES string of the molecule is O=C(COc1ccccc1F)N1CC(n2cc(Cn3nccn3)nn2)C1. The average molecular weight is 357 g/mol. The van der Waals surface area contributed by atoms with E-state index >= 15 is 0 Å². The molecule has 134 valence electrons. The Morgan fingerprint density at radius 2 is 2.00 bits per heavy atom. The van der Waals surface area contributed by atoms with E-state index in [1.165, 1.54) is 16.9 Å². The van der Waals surface area contributed by atoms with Gasteiger partial charge in [0.25, 0.3) is 5.91 Å². The number of hydrogen-bond donors (Lipinski definition) is 0. The maximum Gasteiger partial charge on any atom is 0.260 e. The van der Waals surface area contributed by atoms with Gasteiger partial charge in [0.05, 0.1) is 24.6 Å². The highest BCUT2D eigenvalue weighted by Crippen LogP contribution is 2.21. The smallest absolute Gasteiger partial charge is 0.260 e. The first-order valence-electron chi connectivity index (χ1n) is 8.09. The standard InChI is InChI=1S/C16H16FN7O2/c17-14-3-1-2-4-15(14)26-11-16(25)22-9-13(10-22)23-7-12(20-21-23)8-24-18-5-6-19-24/h1-7,13H,8-11H2. The minimum absolute atomic E-state index is 0.0687. The Morgan fingerprint density at radius 3 is 2.77 bits per heavy atom. The van der Waals surface area contributed by atoms with Crippen molar-refractivity contribution in [2.45, 2.75) is 12.6 Å². The predicted molar refractivity (Wildman–Crippen MR) is 86.7 cm³/mol. The zero-order valence-electron chi connectivity index (χ0n) is 13.8. The van der Waals surface area contributed by atoms with E-state index in [0.29, 0.717) is 19.6 Å². The summed E-state index contributed by atoms with van der Waals surface area (Å²) in [6.45, 7) is 1.28. The summed E-state index contributed by atoms with van der Waals surface area (Å²) in [6, 6.07) is 6.08. The van der Waals surface area contributed by atoms with Crippen LogP contribution in [0, 0.1) is 5.82 Å². The molecule has 2 aromatic heterocycles. The van der Waals surface area contributed by atoms with Crippen LogP contribution < -0.4 is 4.74 Å². The monoisotopic (exact) mass is 357 g/mol. The fourth-order valence-electron chi connectivity index (χ4n) is 2.65.